The second-order valence-corrected chi connectivity index (χ2v) is 7.74. The molecule has 0 fully saturated rings. The van der Waals surface area contributed by atoms with E-state index in [-0.39, 0.29) is 24.4 Å². The first-order valence-corrected chi connectivity index (χ1v) is 9.55. The highest BCUT2D eigenvalue weighted by Gasteiger charge is 2.18. The van der Waals surface area contributed by atoms with Crippen molar-refractivity contribution in [1.82, 2.24) is 4.57 Å². The summed E-state index contributed by atoms with van der Waals surface area (Å²) in [6.45, 7) is 0.942. The van der Waals surface area contributed by atoms with E-state index in [4.69, 9.17) is 26.8 Å². The van der Waals surface area contributed by atoms with E-state index < -0.39 is 11.9 Å². The molecule has 1 amide bonds. The van der Waals surface area contributed by atoms with Crippen LogP contribution < -0.4 is 20.0 Å². The van der Waals surface area contributed by atoms with E-state index in [0.29, 0.717) is 44.1 Å². The second-order valence-electron chi connectivity index (χ2n) is 6.07. The van der Waals surface area contributed by atoms with E-state index in [1.807, 2.05) is 0 Å². The Morgan fingerprint density at radius 3 is 2.75 bits per heavy atom. The first kappa shape index (κ1) is 18.4. The molecule has 0 saturated carbocycles. The number of carbonyl (C=O) groups excluding carboxylic acids is 1. The van der Waals surface area contributed by atoms with Crippen molar-refractivity contribution in [3.8, 4) is 17.4 Å². The molecule has 2 aliphatic rings. The first-order valence-electron chi connectivity index (χ1n) is 8.33. The lowest BCUT2D eigenvalue weighted by atomic mass is 10.1. The Morgan fingerprint density at radius 1 is 1.32 bits per heavy atom. The van der Waals surface area contributed by atoms with Crippen LogP contribution in [0, 0.1) is 3.95 Å². The highest BCUT2D eigenvalue weighted by molar-refractivity contribution is 7.73. The Balaban J connectivity index is 1.74. The highest BCUT2D eigenvalue weighted by Crippen LogP contribution is 2.30. The summed E-state index contributed by atoms with van der Waals surface area (Å²) in [6, 6.07) is 3.42. The standard InChI is InChI=1S/C18H14N2O6S2/c21-15(22)1-2-20-17(24)14(28-18(20)27)7-10-5-9-6-12-13(26-4-3-25-12)8-11(9)19-16(10)23/h5-8,24H,1-4H2,(H,21,22)/b10-7-. The van der Waals surface area contributed by atoms with Crippen LogP contribution in [0.4, 0.5) is 0 Å². The molecule has 3 heterocycles. The van der Waals surface area contributed by atoms with Gasteiger partial charge in [-0.05, 0) is 30.4 Å². The number of carboxylic acid groups (broad SMARTS) is 1. The van der Waals surface area contributed by atoms with Crippen molar-refractivity contribution in [2.45, 2.75) is 13.0 Å². The number of nitrogens with zero attached hydrogens (tertiary/aromatic N) is 2. The van der Waals surface area contributed by atoms with Crippen molar-refractivity contribution >= 4 is 47.6 Å². The van der Waals surface area contributed by atoms with Crippen LogP contribution >= 0.6 is 23.6 Å². The van der Waals surface area contributed by atoms with Crippen LogP contribution in [-0.4, -0.2) is 39.9 Å². The predicted octanol–water partition coefficient (Wildman–Crippen LogP) is 1.25. The molecule has 28 heavy (non-hydrogen) atoms. The van der Waals surface area contributed by atoms with Crippen molar-refractivity contribution in [3.05, 3.63) is 37.1 Å². The number of aromatic nitrogens is 1. The number of hydrogen-bond acceptors (Lipinski definition) is 7. The van der Waals surface area contributed by atoms with Crippen LogP contribution in [0.5, 0.6) is 17.4 Å². The van der Waals surface area contributed by atoms with Gasteiger partial charge in [-0.25, -0.2) is 4.99 Å². The van der Waals surface area contributed by atoms with Gasteiger partial charge in [0.25, 0.3) is 5.91 Å². The van der Waals surface area contributed by atoms with Gasteiger partial charge < -0.3 is 19.7 Å². The topological polar surface area (TPSA) is 110 Å². The molecule has 144 valence electrons. The molecule has 0 aliphatic carbocycles. The van der Waals surface area contributed by atoms with Crippen molar-refractivity contribution in [3.63, 3.8) is 0 Å². The molecule has 4 rings (SSSR count). The Hall–Kier alpha value is -2.98. The summed E-state index contributed by atoms with van der Waals surface area (Å²) in [6.07, 6.45) is 2.99. The summed E-state index contributed by atoms with van der Waals surface area (Å²) in [4.78, 5) is 27.6. The minimum Gasteiger partial charge on any atom is -0.493 e. The van der Waals surface area contributed by atoms with Gasteiger partial charge in [-0.1, -0.05) is 0 Å². The average Bonchev–Trinajstić information content (AvgIpc) is 2.92. The third kappa shape index (κ3) is 3.43. The van der Waals surface area contributed by atoms with Gasteiger partial charge in [-0.3, -0.25) is 14.2 Å². The van der Waals surface area contributed by atoms with E-state index in [0.717, 1.165) is 11.3 Å². The Kier molecular flexibility index (Phi) is 4.73. The molecule has 10 heteroatoms. The largest absolute Gasteiger partial charge is 0.493 e. The maximum Gasteiger partial charge on any atom is 0.305 e. The van der Waals surface area contributed by atoms with Gasteiger partial charge in [-0.2, -0.15) is 0 Å². The predicted molar refractivity (Wildman–Crippen MR) is 103 cm³/mol. The van der Waals surface area contributed by atoms with Crippen molar-refractivity contribution in [2.75, 3.05) is 13.2 Å². The third-order valence-corrected chi connectivity index (χ3v) is 5.59. The number of carboxylic acids is 1. The molecular formula is C18H14N2O6S2. The smallest absolute Gasteiger partial charge is 0.305 e. The van der Waals surface area contributed by atoms with Gasteiger partial charge in [0, 0.05) is 23.4 Å². The minimum absolute atomic E-state index is 0.0496. The molecule has 0 spiro atoms. The summed E-state index contributed by atoms with van der Waals surface area (Å²) in [5.41, 5.74) is 0.279. The van der Waals surface area contributed by atoms with E-state index in [2.05, 4.69) is 4.99 Å². The number of amides is 1. The summed E-state index contributed by atoms with van der Waals surface area (Å²) in [7, 11) is 0. The second kappa shape index (κ2) is 7.21. The van der Waals surface area contributed by atoms with Crippen molar-refractivity contribution in [1.29, 1.82) is 0 Å². The van der Waals surface area contributed by atoms with Gasteiger partial charge in [-0.15, -0.1) is 11.3 Å². The summed E-state index contributed by atoms with van der Waals surface area (Å²) < 4.78 is 12.7. The van der Waals surface area contributed by atoms with E-state index in [1.165, 1.54) is 10.6 Å². The fourth-order valence-electron chi connectivity index (χ4n) is 2.87. The van der Waals surface area contributed by atoms with Crippen LogP contribution in [0.1, 0.15) is 11.3 Å². The zero-order valence-electron chi connectivity index (χ0n) is 14.4. The molecule has 0 saturated heterocycles. The Bertz CT molecular complexity index is 1210. The molecule has 1 aromatic carbocycles. The number of benzene rings is 1. The molecule has 0 unspecified atom stereocenters. The number of ether oxygens (including phenoxy) is 2. The lowest BCUT2D eigenvalue weighted by Crippen LogP contribution is -2.32. The van der Waals surface area contributed by atoms with Crippen molar-refractivity contribution in [2.24, 2.45) is 4.99 Å². The van der Waals surface area contributed by atoms with Crippen LogP contribution in [0.25, 0.3) is 12.2 Å². The van der Waals surface area contributed by atoms with Gasteiger partial charge in [0.1, 0.15) is 13.2 Å². The number of hydrogen-bond donors (Lipinski definition) is 2. The Morgan fingerprint density at radius 2 is 2.04 bits per heavy atom. The lowest BCUT2D eigenvalue weighted by Gasteiger charge is -2.18. The highest BCUT2D eigenvalue weighted by atomic mass is 32.1. The third-order valence-electron chi connectivity index (χ3n) is 4.20. The zero-order valence-corrected chi connectivity index (χ0v) is 16.0. The number of aliphatic carboxylic acids is 1. The monoisotopic (exact) mass is 418 g/mol. The van der Waals surface area contributed by atoms with Gasteiger partial charge in [0.15, 0.2) is 15.5 Å². The van der Waals surface area contributed by atoms with E-state index in [1.54, 1.807) is 18.2 Å². The van der Waals surface area contributed by atoms with Gasteiger partial charge in [0.2, 0.25) is 5.88 Å². The van der Waals surface area contributed by atoms with Crippen LogP contribution in [-0.2, 0) is 16.1 Å². The van der Waals surface area contributed by atoms with Crippen LogP contribution in [0.3, 0.4) is 0 Å². The van der Waals surface area contributed by atoms with Gasteiger partial charge >= 0.3 is 5.97 Å². The quantitative estimate of drug-likeness (QED) is 0.568. The van der Waals surface area contributed by atoms with Crippen LogP contribution in [0.15, 0.2) is 22.7 Å². The molecule has 0 bridgehead atoms. The maximum absolute atomic E-state index is 12.4. The molecule has 2 N–H and O–H groups in total. The first-order chi connectivity index (χ1) is 13.4. The molecule has 0 atom stereocenters. The molecular weight excluding hydrogens is 404 g/mol. The molecule has 2 aliphatic heterocycles. The fraction of sp³-hybridized carbons (Fsp3) is 0.222. The summed E-state index contributed by atoms with van der Waals surface area (Å²) >= 11 is 6.28. The number of aromatic hydroxyl groups is 1. The number of rotatable bonds is 4. The van der Waals surface area contributed by atoms with Crippen LogP contribution in [0.2, 0.25) is 0 Å². The number of thiazole rings is 1. The fourth-order valence-corrected chi connectivity index (χ4v) is 4.18. The molecule has 8 nitrogen and oxygen atoms in total. The maximum atomic E-state index is 12.4. The normalized spacial score (nSPS) is 16.3. The van der Waals surface area contributed by atoms with Crippen molar-refractivity contribution < 1.29 is 29.3 Å². The SMILES string of the molecule is O=C(O)CCn1c(O)c(/C=C2/C=c3cc4c(cc3=NC2=O)OCCO4)sc1=S. The minimum atomic E-state index is -0.992. The lowest BCUT2D eigenvalue weighted by molar-refractivity contribution is -0.137. The number of fused-ring (bicyclic) bond motifs is 2. The average molecular weight is 418 g/mol. The Labute approximate surface area is 167 Å². The molecule has 2 aromatic rings. The van der Waals surface area contributed by atoms with E-state index >= 15 is 0 Å². The van der Waals surface area contributed by atoms with Gasteiger partial charge in [0.05, 0.1) is 16.7 Å². The summed E-state index contributed by atoms with van der Waals surface area (Å²) in [5, 5.41) is 20.4. The summed E-state index contributed by atoms with van der Waals surface area (Å²) in [5.74, 6) is -0.483. The molecule has 0 radical (unpaired) electrons. The van der Waals surface area contributed by atoms with E-state index in [9.17, 15) is 14.7 Å². The molecule has 1 aromatic heterocycles. The zero-order chi connectivity index (χ0) is 19.8. The number of carbonyl (C=O) groups is 2.